The zero-order chi connectivity index (χ0) is 13.7. The monoisotopic (exact) mass is 284 g/mol. The van der Waals surface area contributed by atoms with E-state index < -0.39 is 5.97 Å². The van der Waals surface area contributed by atoms with Crippen molar-refractivity contribution in [3.05, 3.63) is 6.33 Å². The maximum absolute atomic E-state index is 11.5. The number of thioether (sulfide) groups is 1. The van der Waals surface area contributed by atoms with Gasteiger partial charge in [0.1, 0.15) is 12.9 Å². The highest BCUT2D eigenvalue weighted by molar-refractivity contribution is 7.99. The Labute approximate surface area is 115 Å². The van der Waals surface area contributed by atoms with Crippen molar-refractivity contribution < 1.29 is 14.3 Å². The Morgan fingerprint density at radius 1 is 1.58 bits per heavy atom. The van der Waals surface area contributed by atoms with Crippen LogP contribution in [0.1, 0.15) is 25.8 Å². The molecule has 0 bridgehead atoms. The van der Waals surface area contributed by atoms with Crippen molar-refractivity contribution in [2.75, 3.05) is 18.9 Å². The minimum atomic E-state index is -0.429. The van der Waals surface area contributed by atoms with Crippen molar-refractivity contribution in [3.8, 4) is 0 Å². The van der Waals surface area contributed by atoms with Crippen molar-refractivity contribution >= 4 is 23.6 Å². The predicted molar refractivity (Wildman–Crippen MR) is 68.7 cm³/mol. The zero-order valence-electron chi connectivity index (χ0n) is 10.7. The summed E-state index contributed by atoms with van der Waals surface area (Å²) >= 11 is 1.32. The second-order valence-corrected chi connectivity index (χ2v) is 5.06. The minimum absolute atomic E-state index is 0.0947. The molecule has 0 unspecified atom stereocenters. The first kappa shape index (κ1) is 13.9. The maximum Gasteiger partial charge on any atom is 0.325 e. The van der Waals surface area contributed by atoms with Gasteiger partial charge in [0.25, 0.3) is 0 Å². The van der Waals surface area contributed by atoms with Gasteiger partial charge in [-0.3, -0.25) is 9.59 Å². The van der Waals surface area contributed by atoms with Crippen molar-refractivity contribution in [3.63, 3.8) is 0 Å². The molecule has 1 fully saturated rings. The van der Waals surface area contributed by atoms with Gasteiger partial charge in [0.15, 0.2) is 5.16 Å². The highest BCUT2D eigenvalue weighted by atomic mass is 32.2. The number of carbonyl (C=O) groups is 2. The normalized spacial score (nSPS) is 14.2. The lowest BCUT2D eigenvalue weighted by Gasteiger charge is -2.05. The number of ether oxygens (including phenoxy) is 1. The van der Waals surface area contributed by atoms with E-state index in [2.05, 4.69) is 15.5 Å². The van der Waals surface area contributed by atoms with Gasteiger partial charge in [-0.05, 0) is 19.8 Å². The molecule has 0 aliphatic heterocycles. The number of rotatable bonds is 7. The lowest BCUT2D eigenvalue weighted by Crippen LogP contribution is -2.31. The van der Waals surface area contributed by atoms with Crippen LogP contribution in [0.25, 0.3) is 0 Å². The Hall–Kier alpha value is -1.57. The number of esters is 1. The summed E-state index contributed by atoms with van der Waals surface area (Å²) in [6, 6.07) is 0.486. The van der Waals surface area contributed by atoms with Crippen LogP contribution in [0.2, 0.25) is 0 Å². The second kappa shape index (κ2) is 6.55. The van der Waals surface area contributed by atoms with Crippen molar-refractivity contribution in [2.45, 2.75) is 31.0 Å². The molecular formula is C11H16N4O3S. The molecule has 1 aromatic rings. The Bertz CT molecular complexity index is 459. The van der Waals surface area contributed by atoms with E-state index in [-0.39, 0.29) is 18.2 Å². The highest BCUT2D eigenvalue weighted by Gasteiger charge is 2.26. The van der Waals surface area contributed by atoms with Crippen LogP contribution < -0.4 is 5.32 Å². The maximum atomic E-state index is 11.5. The van der Waals surface area contributed by atoms with Crippen LogP contribution in [-0.4, -0.2) is 45.5 Å². The molecule has 104 valence electrons. The summed E-state index contributed by atoms with van der Waals surface area (Å²) in [5.41, 5.74) is 0. The summed E-state index contributed by atoms with van der Waals surface area (Å²) < 4.78 is 6.70. The first-order valence-corrected chi connectivity index (χ1v) is 7.14. The summed E-state index contributed by atoms with van der Waals surface area (Å²) in [4.78, 5) is 22.6. The van der Waals surface area contributed by atoms with E-state index in [0.717, 1.165) is 18.0 Å². The quantitative estimate of drug-likeness (QED) is 0.575. The average Bonchev–Trinajstić information content (AvgIpc) is 3.13. The standard InChI is InChI=1S/C11H16N4O3S/c1-2-18-10(17)5-12-9(16)6-19-11-14-13-7-15(11)8-3-4-8/h7-8H,2-6H2,1H3,(H,12,16). The molecular weight excluding hydrogens is 268 g/mol. The van der Waals surface area contributed by atoms with Gasteiger partial charge in [-0.1, -0.05) is 11.8 Å². The van der Waals surface area contributed by atoms with E-state index in [4.69, 9.17) is 4.74 Å². The fourth-order valence-electron chi connectivity index (χ4n) is 1.50. The largest absolute Gasteiger partial charge is 0.465 e. The third-order valence-corrected chi connectivity index (χ3v) is 3.51. The van der Waals surface area contributed by atoms with Crippen LogP contribution in [-0.2, 0) is 14.3 Å². The topological polar surface area (TPSA) is 86.1 Å². The van der Waals surface area contributed by atoms with E-state index in [1.807, 2.05) is 4.57 Å². The van der Waals surface area contributed by atoms with E-state index in [1.54, 1.807) is 13.3 Å². The summed E-state index contributed by atoms with van der Waals surface area (Å²) in [5.74, 6) is -0.435. The summed E-state index contributed by atoms with van der Waals surface area (Å²) in [6.45, 7) is 1.94. The number of nitrogens with zero attached hydrogens (tertiary/aromatic N) is 3. The predicted octanol–water partition coefficient (Wildman–Crippen LogP) is 0.384. The number of hydrogen-bond acceptors (Lipinski definition) is 6. The van der Waals surface area contributed by atoms with E-state index in [1.165, 1.54) is 11.8 Å². The van der Waals surface area contributed by atoms with Gasteiger partial charge in [0.2, 0.25) is 5.91 Å². The molecule has 1 aromatic heterocycles. The van der Waals surface area contributed by atoms with Crippen LogP contribution in [0.5, 0.6) is 0 Å². The fourth-order valence-corrected chi connectivity index (χ4v) is 2.31. The third kappa shape index (κ3) is 4.23. The van der Waals surface area contributed by atoms with Gasteiger partial charge in [0.05, 0.1) is 12.4 Å². The molecule has 0 saturated heterocycles. The molecule has 1 aliphatic rings. The molecule has 1 amide bonds. The van der Waals surface area contributed by atoms with Crippen molar-refractivity contribution in [2.24, 2.45) is 0 Å². The summed E-state index contributed by atoms with van der Waals surface area (Å²) in [7, 11) is 0. The van der Waals surface area contributed by atoms with E-state index in [0.29, 0.717) is 12.6 Å². The molecule has 1 heterocycles. The fraction of sp³-hybridized carbons (Fsp3) is 0.636. The Balaban J connectivity index is 1.71. The molecule has 1 N–H and O–H groups in total. The molecule has 0 atom stereocenters. The molecule has 1 aliphatic carbocycles. The van der Waals surface area contributed by atoms with Gasteiger partial charge in [0, 0.05) is 6.04 Å². The summed E-state index contributed by atoms with van der Waals surface area (Å²) in [6.07, 6.45) is 3.97. The van der Waals surface area contributed by atoms with E-state index >= 15 is 0 Å². The number of hydrogen-bond donors (Lipinski definition) is 1. The smallest absolute Gasteiger partial charge is 0.325 e. The zero-order valence-corrected chi connectivity index (χ0v) is 11.5. The van der Waals surface area contributed by atoms with Crippen molar-refractivity contribution in [1.29, 1.82) is 0 Å². The van der Waals surface area contributed by atoms with Gasteiger partial charge in [-0.25, -0.2) is 0 Å². The van der Waals surface area contributed by atoms with Crippen LogP contribution in [0.15, 0.2) is 11.5 Å². The lowest BCUT2D eigenvalue weighted by molar-refractivity contribution is -0.143. The van der Waals surface area contributed by atoms with Gasteiger partial charge in [-0.15, -0.1) is 10.2 Å². The van der Waals surface area contributed by atoms with Gasteiger partial charge in [-0.2, -0.15) is 0 Å². The molecule has 0 aromatic carbocycles. The van der Waals surface area contributed by atoms with Crippen LogP contribution in [0.4, 0.5) is 0 Å². The first-order valence-electron chi connectivity index (χ1n) is 6.15. The molecule has 0 spiro atoms. The molecule has 1 saturated carbocycles. The number of amides is 1. The Kier molecular flexibility index (Phi) is 4.78. The lowest BCUT2D eigenvalue weighted by atomic mass is 10.6. The second-order valence-electron chi connectivity index (χ2n) is 4.12. The van der Waals surface area contributed by atoms with Crippen molar-refractivity contribution in [1.82, 2.24) is 20.1 Å². The number of carbonyl (C=O) groups excluding carboxylic acids is 2. The van der Waals surface area contributed by atoms with Crippen LogP contribution in [0, 0.1) is 0 Å². The first-order chi connectivity index (χ1) is 9.20. The van der Waals surface area contributed by atoms with Crippen LogP contribution in [0.3, 0.4) is 0 Å². The number of nitrogens with one attached hydrogen (secondary N) is 1. The molecule has 19 heavy (non-hydrogen) atoms. The Morgan fingerprint density at radius 3 is 3.05 bits per heavy atom. The third-order valence-electron chi connectivity index (χ3n) is 2.55. The summed E-state index contributed by atoms with van der Waals surface area (Å²) in [5, 5.41) is 11.1. The highest BCUT2D eigenvalue weighted by Crippen LogP contribution is 2.37. The molecule has 2 rings (SSSR count). The Morgan fingerprint density at radius 2 is 2.37 bits per heavy atom. The average molecular weight is 284 g/mol. The number of aromatic nitrogens is 3. The van der Waals surface area contributed by atoms with Crippen LogP contribution >= 0.6 is 11.8 Å². The minimum Gasteiger partial charge on any atom is -0.465 e. The van der Waals surface area contributed by atoms with Gasteiger partial charge < -0.3 is 14.6 Å². The molecule has 0 radical (unpaired) electrons. The molecule has 8 heteroatoms. The SMILES string of the molecule is CCOC(=O)CNC(=O)CSc1nncn1C1CC1. The molecule has 7 nitrogen and oxygen atoms in total. The van der Waals surface area contributed by atoms with Gasteiger partial charge >= 0.3 is 5.97 Å². The van der Waals surface area contributed by atoms with E-state index in [9.17, 15) is 9.59 Å².